The van der Waals surface area contributed by atoms with Crippen LogP contribution in [0.15, 0.2) is 23.8 Å². The van der Waals surface area contributed by atoms with E-state index in [0.29, 0.717) is 5.25 Å². The molecule has 1 atom stereocenters. The van der Waals surface area contributed by atoms with Crippen molar-refractivity contribution >= 4 is 12.6 Å². The first-order valence-corrected chi connectivity index (χ1v) is 2.79. The summed E-state index contributed by atoms with van der Waals surface area (Å²) in [6.45, 7) is 5.75. The SMILES string of the molecule is C=C(C)C1=CC1S. The number of thiol groups is 1. The highest BCUT2D eigenvalue weighted by atomic mass is 32.1. The lowest BCUT2D eigenvalue weighted by Crippen LogP contribution is -1.72. The molecule has 0 aromatic heterocycles. The van der Waals surface area contributed by atoms with E-state index in [4.69, 9.17) is 0 Å². The van der Waals surface area contributed by atoms with Gasteiger partial charge in [0, 0.05) is 5.25 Å². The van der Waals surface area contributed by atoms with Crippen molar-refractivity contribution in [3.63, 3.8) is 0 Å². The van der Waals surface area contributed by atoms with Crippen LogP contribution < -0.4 is 0 Å². The fourth-order valence-corrected chi connectivity index (χ4v) is 0.898. The van der Waals surface area contributed by atoms with E-state index < -0.39 is 0 Å². The molecule has 1 heteroatoms. The molecule has 1 aliphatic rings. The van der Waals surface area contributed by atoms with Crippen LogP contribution in [0, 0.1) is 0 Å². The van der Waals surface area contributed by atoms with Crippen LogP contribution in [-0.2, 0) is 0 Å². The van der Waals surface area contributed by atoms with Gasteiger partial charge < -0.3 is 0 Å². The van der Waals surface area contributed by atoms with Crippen molar-refractivity contribution in [1.82, 2.24) is 0 Å². The van der Waals surface area contributed by atoms with Crippen molar-refractivity contribution in [1.29, 1.82) is 0 Å². The van der Waals surface area contributed by atoms with E-state index in [0.717, 1.165) is 5.57 Å². The van der Waals surface area contributed by atoms with Crippen LogP contribution in [0.1, 0.15) is 6.92 Å². The van der Waals surface area contributed by atoms with Gasteiger partial charge in [0.15, 0.2) is 0 Å². The van der Waals surface area contributed by atoms with Crippen molar-refractivity contribution in [2.45, 2.75) is 12.2 Å². The second-order valence-electron chi connectivity index (χ2n) is 1.85. The van der Waals surface area contributed by atoms with E-state index in [9.17, 15) is 0 Å². The minimum atomic E-state index is 0.428. The third kappa shape index (κ3) is 0.885. The van der Waals surface area contributed by atoms with E-state index in [1.54, 1.807) is 0 Å². The predicted octanol–water partition coefficient (Wildman–Crippen LogP) is 1.80. The van der Waals surface area contributed by atoms with Gasteiger partial charge in [0.25, 0.3) is 0 Å². The Morgan fingerprint density at radius 3 is 2.43 bits per heavy atom. The second kappa shape index (κ2) is 1.41. The van der Waals surface area contributed by atoms with Crippen molar-refractivity contribution in [3.8, 4) is 0 Å². The Morgan fingerprint density at radius 2 is 2.43 bits per heavy atom. The zero-order valence-corrected chi connectivity index (χ0v) is 5.20. The van der Waals surface area contributed by atoms with E-state index >= 15 is 0 Å². The topological polar surface area (TPSA) is 0 Å². The molecule has 38 valence electrons. The van der Waals surface area contributed by atoms with Gasteiger partial charge in [-0.15, -0.1) is 0 Å². The summed E-state index contributed by atoms with van der Waals surface area (Å²) in [7, 11) is 0. The first-order chi connectivity index (χ1) is 3.22. The lowest BCUT2D eigenvalue weighted by Gasteiger charge is -1.85. The van der Waals surface area contributed by atoms with Crippen molar-refractivity contribution in [2.75, 3.05) is 0 Å². The first kappa shape index (κ1) is 4.98. The van der Waals surface area contributed by atoms with Crippen LogP contribution in [0.5, 0.6) is 0 Å². The van der Waals surface area contributed by atoms with Gasteiger partial charge >= 0.3 is 0 Å². The Balaban J connectivity index is 2.48. The number of rotatable bonds is 1. The lowest BCUT2D eigenvalue weighted by atomic mass is 10.3. The molecule has 0 saturated heterocycles. The quantitative estimate of drug-likeness (QED) is 0.491. The standard InChI is InChI=1S/C6H8S/c1-4(2)5-3-6(5)7/h3,6-7H,1H2,2H3. The average molecular weight is 112 g/mol. The van der Waals surface area contributed by atoms with Gasteiger partial charge in [-0.25, -0.2) is 0 Å². The van der Waals surface area contributed by atoms with Crippen molar-refractivity contribution in [3.05, 3.63) is 23.8 Å². The molecule has 0 aromatic rings. The summed E-state index contributed by atoms with van der Waals surface area (Å²) in [5, 5.41) is 0.428. The van der Waals surface area contributed by atoms with Crippen LogP contribution in [0.2, 0.25) is 0 Å². The maximum Gasteiger partial charge on any atom is 0.0453 e. The Hall–Kier alpha value is -0.170. The normalized spacial score (nSPS) is 26.6. The van der Waals surface area contributed by atoms with E-state index in [2.05, 4.69) is 25.3 Å². The summed E-state index contributed by atoms with van der Waals surface area (Å²) in [6, 6.07) is 0. The highest BCUT2D eigenvalue weighted by molar-refractivity contribution is 7.81. The summed E-state index contributed by atoms with van der Waals surface area (Å²) < 4.78 is 0. The van der Waals surface area contributed by atoms with Gasteiger partial charge in [-0.2, -0.15) is 12.6 Å². The molecule has 7 heavy (non-hydrogen) atoms. The third-order valence-corrected chi connectivity index (χ3v) is 1.47. The molecule has 0 amide bonds. The molecule has 0 spiro atoms. The van der Waals surface area contributed by atoms with Gasteiger partial charge in [-0.05, 0) is 12.5 Å². The molecule has 0 fully saturated rings. The molecule has 0 N–H and O–H groups in total. The Bertz CT molecular complexity index is 133. The number of hydrogen-bond acceptors (Lipinski definition) is 1. The molecule has 0 radical (unpaired) electrons. The molecule has 0 heterocycles. The van der Waals surface area contributed by atoms with Gasteiger partial charge in [0.2, 0.25) is 0 Å². The van der Waals surface area contributed by atoms with Gasteiger partial charge in [0.05, 0.1) is 0 Å². The largest absolute Gasteiger partial charge is 0.167 e. The molecule has 0 aliphatic heterocycles. The van der Waals surface area contributed by atoms with E-state index in [-0.39, 0.29) is 0 Å². The second-order valence-corrected chi connectivity index (χ2v) is 2.40. The van der Waals surface area contributed by atoms with Gasteiger partial charge in [-0.1, -0.05) is 18.2 Å². The smallest absolute Gasteiger partial charge is 0.0453 e. The highest BCUT2D eigenvalue weighted by Gasteiger charge is 2.19. The summed E-state index contributed by atoms with van der Waals surface area (Å²) in [5.41, 5.74) is 2.46. The van der Waals surface area contributed by atoms with Crippen LogP contribution >= 0.6 is 12.6 Å². The van der Waals surface area contributed by atoms with Crippen LogP contribution in [0.25, 0.3) is 0 Å². The maximum atomic E-state index is 4.16. The monoisotopic (exact) mass is 112 g/mol. The fraction of sp³-hybridized carbons (Fsp3) is 0.333. The van der Waals surface area contributed by atoms with Crippen LogP contribution in [0.3, 0.4) is 0 Å². The van der Waals surface area contributed by atoms with E-state index in [1.807, 2.05) is 6.92 Å². The minimum absolute atomic E-state index is 0.428. The van der Waals surface area contributed by atoms with Crippen LogP contribution in [0.4, 0.5) is 0 Å². The third-order valence-electron chi connectivity index (χ3n) is 1.04. The predicted molar refractivity (Wildman–Crippen MR) is 35.7 cm³/mol. The summed E-state index contributed by atoms with van der Waals surface area (Å²) in [4.78, 5) is 0. The summed E-state index contributed by atoms with van der Waals surface area (Å²) in [5.74, 6) is 0. The van der Waals surface area contributed by atoms with Crippen molar-refractivity contribution < 1.29 is 0 Å². The zero-order valence-electron chi connectivity index (χ0n) is 4.31. The maximum absolute atomic E-state index is 4.16. The molecule has 1 unspecified atom stereocenters. The molecule has 0 bridgehead atoms. The highest BCUT2D eigenvalue weighted by Crippen LogP contribution is 2.31. The average Bonchev–Trinajstić information content (AvgIpc) is 2.17. The number of hydrogen-bond donors (Lipinski definition) is 1. The first-order valence-electron chi connectivity index (χ1n) is 2.27. The van der Waals surface area contributed by atoms with Gasteiger partial charge in [-0.3, -0.25) is 0 Å². The number of allylic oxidation sites excluding steroid dienone is 1. The fourth-order valence-electron chi connectivity index (χ4n) is 0.517. The molecule has 0 aromatic carbocycles. The van der Waals surface area contributed by atoms with E-state index in [1.165, 1.54) is 5.57 Å². The summed E-state index contributed by atoms with van der Waals surface area (Å²) >= 11 is 4.16. The summed E-state index contributed by atoms with van der Waals surface area (Å²) in [6.07, 6.45) is 2.09. The zero-order chi connectivity index (χ0) is 5.44. The van der Waals surface area contributed by atoms with Gasteiger partial charge in [0.1, 0.15) is 0 Å². The van der Waals surface area contributed by atoms with Crippen LogP contribution in [-0.4, -0.2) is 5.25 Å². The Kier molecular flexibility index (Phi) is 1.00. The molecule has 1 aliphatic carbocycles. The molecular formula is C6H8S. The molecule has 0 saturated carbocycles. The molecule has 0 nitrogen and oxygen atoms in total. The lowest BCUT2D eigenvalue weighted by molar-refractivity contribution is 1.45. The molecule has 1 rings (SSSR count). The Labute approximate surface area is 49.3 Å². The molecular weight excluding hydrogens is 104 g/mol. The van der Waals surface area contributed by atoms with Crippen molar-refractivity contribution in [2.24, 2.45) is 0 Å². The Morgan fingerprint density at radius 1 is 2.00 bits per heavy atom. The minimum Gasteiger partial charge on any atom is -0.167 e.